The summed E-state index contributed by atoms with van der Waals surface area (Å²) in [6.45, 7) is 1.42. The van der Waals surface area contributed by atoms with E-state index in [0.29, 0.717) is 25.4 Å². The van der Waals surface area contributed by atoms with E-state index in [-0.39, 0.29) is 11.8 Å². The Morgan fingerprint density at radius 2 is 1.89 bits per heavy atom. The Balaban J connectivity index is 1.96. The van der Waals surface area contributed by atoms with Gasteiger partial charge in [-0.3, -0.25) is 9.59 Å². The lowest BCUT2D eigenvalue weighted by molar-refractivity contribution is -0.119. The minimum atomic E-state index is -0.248. The highest BCUT2D eigenvalue weighted by atomic mass is 127. The zero-order chi connectivity index (χ0) is 13.8. The van der Waals surface area contributed by atoms with Gasteiger partial charge in [0.1, 0.15) is 0 Å². The molecule has 0 spiro atoms. The van der Waals surface area contributed by atoms with Gasteiger partial charge in [-0.1, -0.05) is 12.1 Å². The average molecular weight is 372 g/mol. The fourth-order valence-corrected chi connectivity index (χ4v) is 3.05. The molecule has 0 aromatic heterocycles. The number of primary amides is 1. The van der Waals surface area contributed by atoms with Gasteiger partial charge in [-0.25, -0.2) is 0 Å². The van der Waals surface area contributed by atoms with Crippen LogP contribution in [0.4, 0.5) is 0 Å². The van der Waals surface area contributed by atoms with Crippen LogP contribution in [-0.2, 0) is 4.79 Å². The van der Waals surface area contributed by atoms with Crippen molar-refractivity contribution in [3.05, 3.63) is 33.4 Å². The zero-order valence-electron chi connectivity index (χ0n) is 10.6. The molecule has 0 aliphatic carbocycles. The number of halogens is 1. The summed E-state index contributed by atoms with van der Waals surface area (Å²) < 4.78 is 0.976. The largest absolute Gasteiger partial charge is 0.370 e. The molecule has 1 saturated heterocycles. The first-order chi connectivity index (χ1) is 9.08. The second kappa shape index (κ2) is 6.36. The van der Waals surface area contributed by atoms with E-state index in [2.05, 4.69) is 22.6 Å². The predicted molar refractivity (Wildman–Crippen MR) is 81.6 cm³/mol. The molecule has 0 radical (unpaired) electrons. The standard InChI is InChI=1S/C14H17IN2O2/c15-12-4-2-1-3-11(12)14(19)17-7-5-10(6-8-17)9-13(16)18/h1-4,10H,5-9H2,(H2,16,18). The third-order valence-electron chi connectivity index (χ3n) is 3.50. The summed E-state index contributed by atoms with van der Waals surface area (Å²) in [6.07, 6.45) is 2.15. The van der Waals surface area contributed by atoms with Crippen molar-refractivity contribution < 1.29 is 9.59 Å². The fourth-order valence-electron chi connectivity index (χ4n) is 2.43. The molecule has 2 amide bonds. The maximum atomic E-state index is 12.4. The summed E-state index contributed by atoms with van der Waals surface area (Å²) in [5.74, 6) is 0.168. The quantitative estimate of drug-likeness (QED) is 0.826. The van der Waals surface area contributed by atoms with Crippen molar-refractivity contribution in [2.24, 2.45) is 11.7 Å². The topological polar surface area (TPSA) is 63.4 Å². The van der Waals surface area contributed by atoms with Crippen molar-refractivity contribution in [1.82, 2.24) is 4.90 Å². The van der Waals surface area contributed by atoms with Crippen LogP contribution in [0.3, 0.4) is 0 Å². The Hall–Kier alpha value is -1.11. The average Bonchev–Trinajstić information content (AvgIpc) is 2.39. The van der Waals surface area contributed by atoms with Gasteiger partial charge in [-0.15, -0.1) is 0 Å². The number of rotatable bonds is 3. The third kappa shape index (κ3) is 3.68. The fraction of sp³-hybridized carbons (Fsp3) is 0.429. The highest BCUT2D eigenvalue weighted by Gasteiger charge is 2.25. The number of hydrogen-bond donors (Lipinski definition) is 1. The highest BCUT2D eigenvalue weighted by molar-refractivity contribution is 14.1. The number of nitrogens with two attached hydrogens (primary N) is 1. The maximum Gasteiger partial charge on any atom is 0.254 e. The highest BCUT2D eigenvalue weighted by Crippen LogP contribution is 2.22. The Bertz CT molecular complexity index is 482. The van der Waals surface area contributed by atoms with E-state index >= 15 is 0 Å². The first-order valence-corrected chi connectivity index (χ1v) is 7.48. The number of nitrogens with zero attached hydrogens (tertiary/aromatic N) is 1. The Morgan fingerprint density at radius 3 is 2.47 bits per heavy atom. The van der Waals surface area contributed by atoms with Gasteiger partial charge >= 0.3 is 0 Å². The van der Waals surface area contributed by atoms with E-state index in [0.717, 1.165) is 22.0 Å². The van der Waals surface area contributed by atoms with Gasteiger partial charge in [-0.05, 0) is 53.5 Å². The van der Waals surface area contributed by atoms with Crippen LogP contribution in [0.2, 0.25) is 0 Å². The summed E-state index contributed by atoms with van der Waals surface area (Å²) in [4.78, 5) is 25.1. The lowest BCUT2D eigenvalue weighted by Gasteiger charge is -2.31. The first kappa shape index (κ1) is 14.3. The monoisotopic (exact) mass is 372 g/mol. The summed E-state index contributed by atoms with van der Waals surface area (Å²) in [7, 11) is 0. The maximum absolute atomic E-state index is 12.4. The molecule has 0 atom stereocenters. The second-order valence-electron chi connectivity index (χ2n) is 4.89. The second-order valence-corrected chi connectivity index (χ2v) is 6.05. The molecule has 4 nitrogen and oxygen atoms in total. The van der Waals surface area contributed by atoms with Gasteiger partial charge in [-0.2, -0.15) is 0 Å². The molecule has 0 bridgehead atoms. The SMILES string of the molecule is NC(=O)CC1CCN(C(=O)c2ccccc2I)CC1. The number of carbonyl (C=O) groups excluding carboxylic acids is 2. The van der Waals surface area contributed by atoms with E-state index < -0.39 is 0 Å². The minimum absolute atomic E-state index is 0.0857. The summed E-state index contributed by atoms with van der Waals surface area (Å²) in [6, 6.07) is 7.61. The molecule has 1 fully saturated rings. The van der Waals surface area contributed by atoms with Gasteiger partial charge in [0.15, 0.2) is 0 Å². The molecule has 0 unspecified atom stereocenters. The van der Waals surface area contributed by atoms with Crippen LogP contribution in [-0.4, -0.2) is 29.8 Å². The number of benzene rings is 1. The van der Waals surface area contributed by atoms with Crippen LogP contribution in [0.1, 0.15) is 29.6 Å². The zero-order valence-corrected chi connectivity index (χ0v) is 12.8. The van der Waals surface area contributed by atoms with Crippen molar-refractivity contribution in [3.8, 4) is 0 Å². The van der Waals surface area contributed by atoms with Crippen LogP contribution < -0.4 is 5.73 Å². The molecule has 2 N–H and O–H groups in total. The Kier molecular flexibility index (Phi) is 4.79. The van der Waals surface area contributed by atoms with Crippen molar-refractivity contribution in [3.63, 3.8) is 0 Å². The molecule has 1 aromatic rings. The molecule has 1 aliphatic rings. The lowest BCUT2D eigenvalue weighted by atomic mass is 9.93. The van der Waals surface area contributed by atoms with Crippen molar-refractivity contribution in [2.75, 3.05) is 13.1 Å². The molecule has 102 valence electrons. The van der Waals surface area contributed by atoms with Crippen LogP contribution >= 0.6 is 22.6 Å². The molecular weight excluding hydrogens is 355 g/mol. The summed E-state index contributed by atoms with van der Waals surface area (Å²) in [5, 5.41) is 0. The van der Waals surface area contributed by atoms with Gasteiger partial charge in [0, 0.05) is 23.1 Å². The molecule has 1 aromatic carbocycles. The molecule has 2 rings (SSSR count). The third-order valence-corrected chi connectivity index (χ3v) is 4.44. The molecule has 1 heterocycles. The number of hydrogen-bond acceptors (Lipinski definition) is 2. The molecule has 5 heteroatoms. The van der Waals surface area contributed by atoms with Crippen LogP contribution in [0.15, 0.2) is 24.3 Å². The van der Waals surface area contributed by atoms with Gasteiger partial charge in [0.05, 0.1) is 5.56 Å². The Morgan fingerprint density at radius 1 is 1.26 bits per heavy atom. The van der Waals surface area contributed by atoms with E-state index in [1.54, 1.807) is 0 Å². The molecule has 1 aliphatic heterocycles. The van der Waals surface area contributed by atoms with E-state index in [1.165, 1.54) is 0 Å². The van der Waals surface area contributed by atoms with Crippen molar-refractivity contribution in [2.45, 2.75) is 19.3 Å². The molecular formula is C14H17IN2O2. The van der Waals surface area contributed by atoms with Gasteiger partial charge in [0.2, 0.25) is 5.91 Å². The normalized spacial score (nSPS) is 16.4. The van der Waals surface area contributed by atoms with Crippen molar-refractivity contribution >= 4 is 34.4 Å². The lowest BCUT2D eigenvalue weighted by Crippen LogP contribution is -2.39. The Labute approximate surface area is 126 Å². The minimum Gasteiger partial charge on any atom is -0.370 e. The van der Waals surface area contributed by atoms with Gasteiger partial charge in [0.25, 0.3) is 5.91 Å². The van der Waals surface area contributed by atoms with Gasteiger partial charge < -0.3 is 10.6 Å². The summed E-state index contributed by atoms with van der Waals surface area (Å²) in [5.41, 5.74) is 5.97. The van der Waals surface area contributed by atoms with E-state index in [4.69, 9.17) is 5.73 Å². The van der Waals surface area contributed by atoms with Crippen LogP contribution in [0.5, 0.6) is 0 Å². The number of amides is 2. The van der Waals surface area contributed by atoms with E-state index in [1.807, 2.05) is 29.2 Å². The predicted octanol–water partition coefficient (Wildman–Crippen LogP) is 2.02. The van der Waals surface area contributed by atoms with E-state index in [9.17, 15) is 9.59 Å². The van der Waals surface area contributed by atoms with Crippen molar-refractivity contribution in [1.29, 1.82) is 0 Å². The smallest absolute Gasteiger partial charge is 0.254 e. The summed E-state index contributed by atoms with van der Waals surface area (Å²) >= 11 is 2.18. The molecule has 0 saturated carbocycles. The number of piperidine rings is 1. The van der Waals surface area contributed by atoms with Crippen LogP contribution in [0.25, 0.3) is 0 Å². The van der Waals surface area contributed by atoms with Crippen LogP contribution in [0, 0.1) is 9.49 Å². The number of carbonyl (C=O) groups is 2. The number of likely N-dealkylation sites (tertiary alicyclic amines) is 1. The first-order valence-electron chi connectivity index (χ1n) is 6.40. The molecule has 19 heavy (non-hydrogen) atoms.